The van der Waals surface area contributed by atoms with Crippen molar-refractivity contribution in [2.24, 2.45) is 0 Å². The molecule has 84 valence electrons. The van der Waals surface area contributed by atoms with Gasteiger partial charge < -0.3 is 5.11 Å². The molecular formula is C13H16N2O. The molecule has 0 fully saturated rings. The second-order valence-corrected chi connectivity index (χ2v) is 4.29. The van der Waals surface area contributed by atoms with Gasteiger partial charge in [-0.15, -0.1) is 0 Å². The molecule has 0 aliphatic carbocycles. The first kappa shape index (κ1) is 10.9. The summed E-state index contributed by atoms with van der Waals surface area (Å²) < 4.78 is 1.77. The van der Waals surface area contributed by atoms with Gasteiger partial charge in [0.1, 0.15) is 5.60 Å². The molecule has 0 saturated heterocycles. The molecule has 0 amide bonds. The molecule has 1 heterocycles. The molecule has 3 heteroatoms. The third-order valence-corrected chi connectivity index (χ3v) is 2.64. The predicted molar refractivity (Wildman–Crippen MR) is 63.0 cm³/mol. The Hall–Kier alpha value is -1.61. The lowest BCUT2D eigenvalue weighted by molar-refractivity contribution is 0.0346. The Kier molecular flexibility index (Phi) is 2.79. The van der Waals surface area contributed by atoms with Crippen LogP contribution in [0.3, 0.4) is 0 Å². The number of hydrogen-bond acceptors (Lipinski definition) is 2. The highest BCUT2D eigenvalue weighted by molar-refractivity contribution is 5.21. The molecule has 1 N–H and O–H groups in total. The fourth-order valence-electron chi connectivity index (χ4n) is 1.76. The SMILES string of the molecule is Cc1ccn(CC(C)(O)c2ccccc2)n1. The van der Waals surface area contributed by atoms with E-state index in [-0.39, 0.29) is 0 Å². The van der Waals surface area contributed by atoms with Gasteiger partial charge in [-0.2, -0.15) is 5.10 Å². The van der Waals surface area contributed by atoms with Gasteiger partial charge >= 0.3 is 0 Å². The minimum atomic E-state index is -0.889. The van der Waals surface area contributed by atoms with Gasteiger partial charge in [0.15, 0.2) is 0 Å². The molecule has 1 unspecified atom stereocenters. The first-order valence-electron chi connectivity index (χ1n) is 5.36. The van der Waals surface area contributed by atoms with Gasteiger partial charge in [0, 0.05) is 6.20 Å². The van der Waals surface area contributed by atoms with Crippen molar-refractivity contribution in [1.82, 2.24) is 9.78 Å². The normalized spacial score (nSPS) is 14.7. The number of aliphatic hydroxyl groups is 1. The summed E-state index contributed by atoms with van der Waals surface area (Å²) in [6.45, 7) is 4.21. The highest BCUT2D eigenvalue weighted by Crippen LogP contribution is 2.21. The lowest BCUT2D eigenvalue weighted by Crippen LogP contribution is -2.27. The first-order valence-corrected chi connectivity index (χ1v) is 5.36. The van der Waals surface area contributed by atoms with Crippen molar-refractivity contribution in [3.8, 4) is 0 Å². The highest BCUT2D eigenvalue weighted by Gasteiger charge is 2.23. The summed E-state index contributed by atoms with van der Waals surface area (Å²) in [7, 11) is 0. The summed E-state index contributed by atoms with van der Waals surface area (Å²) in [4.78, 5) is 0. The molecule has 1 aromatic carbocycles. The van der Waals surface area contributed by atoms with Crippen LogP contribution in [0.25, 0.3) is 0 Å². The molecule has 0 spiro atoms. The van der Waals surface area contributed by atoms with Crippen molar-refractivity contribution in [1.29, 1.82) is 0 Å². The second-order valence-electron chi connectivity index (χ2n) is 4.29. The summed E-state index contributed by atoms with van der Waals surface area (Å²) in [5.41, 5.74) is 0.978. The molecule has 0 aliphatic rings. The smallest absolute Gasteiger partial charge is 0.106 e. The zero-order valence-electron chi connectivity index (χ0n) is 9.59. The maximum atomic E-state index is 10.4. The van der Waals surface area contributed by atoms with Crippen LogP contribution >= 0.6 is 0 Å². The fraction of sp³-hybridized carbons (Fsp3) is 0.308. The molecule has 16 heavy (non-hydrogen) atoms. The van der Waals surface area contributed by atoms with E-state index < -0.39 is 5.60 Å². The quantitative estimate of drug-likeness (QED) is 0.853. The zero-order chi connectivity index (χ0) is 11.6. The van der Waals surface area contributed by atoms with E-state index in [4.69, 9.17) is 0 Å². The molecule has 1 atom stereocenters. The van der Waals surface area contributed by atoms with Crippen molar-refractivity contribution in [2.75, 3.05) is 0 Å². The van der Waals surface area contributed by atoms with Gasteiger partial charge in [-0.3, -0.25) is 4.68 Å². The molecule has 0 bridgehead atoms. The Morgan fingerprint density at radius 3 is 2.50 bits per heavy atom. The minimum absolute atomic E-state index is 0.463. The number of aryl methyl sites for hydroxylation is 1. The van der Waals surface area contributed by atoms with Gasteiger partial charge in [-0.1, -0.05) is 30.3 Å². The molecule has 0 saturated carbocycles. The van der Waals surface area contributed by atoms with Crippen LogP contribution in [0.2, 0.25) is 0 Å². The van der Waals surface area contributed by atoms with Gasteiger partial charge in [0.25, 0.3) is 0 Å². The van der Waals surface area contributed by atoms with Gasteiger partial charge in [-0.25, -0.2) is 0 Å². The van der Waals surface area contributed by atoms with Crippen LogP contribution in [0, 0.1) is 6.92 Å². The third kappa shape index (κ3) is 2.31. The van der Waals surface area contributed by atoms with E-state index in [1.54, 1.807) is 11.6 Å². The van der Waals surface area contributed by atoms with Crippen molar-refractivity contribution < 1.29 is 5.11 Å². The molecule has 0 aliphatic heterocycles. The van der Waals surface area contributed by atoms with E-state index in [1.165, 1.54) is 0 Å². The van der Waals surface area contributed by atoms with Crippen LogP contribution in [0.1, 0.15) is 18.2 Å². The lowest BCUT2D eigenvalue weighted by atomic mass is 9.96. The van der Waals surface area contributed by atoms with Crippen LogP contribution in [0.15, 0.2) is 42.6 Å². The van der Waals surface area contributed by atoms with Crippen LogP contribution in [-0.2, 0) is 12.1 Å². The predicted octanol–water partition coefficient (Wildman–Crippen LogP) is 2.10. The van der Waals surface area contributed by atoms with E-state index >= 15 is 0 Å². The average molecular weight is 216 g/mol. The summed E-state index contributed by atoms with van der Waals surface area (Å²) >= 11 is 0. The maximum absolute atomic E-state index is 10.4. The number of rotatable bonds is 3. The second kappa shape index (κ2) is 4.10. The van der Waals surface area contributed by atoms with E-state index in [9.17, 15) is 5.11 Å². The van der Waals surface area contributed by atoms with Crippen molar-refractivity contribution in [2.45, 2.75) is 26.0 Å². The summed E-state index contributed by atoms with van der Waals surface area (Å²) in [6, 6.07) is 11.6. The summed E-state index contributed by atoms with van der Waals surface area (Å²) in [6.07, 6.45) is 1.88. The van der Waals surface area contributed by atoms with Gasteiger partial charge in [0.2, 0.25) is 0 Å². The minimum Gasteiger partial charge on any atom is -0.384 e. The maximum Gasteiger partial charge on any atom is 0.106 e. The van der Waals surface area contributed by atoms with Crippen LogP contribution in [-0.4, -0.2) is 14.9 Å². The Bertz CT molecular complexity index is 460. The number of aromatic nitrogens is 2. The van der Waals surface area contributed by atoms with Crippen molar-refractivity contribution in [3.63, 3.8) is 0 Å². The number of nitrogens with zero attached hydrogens (tertiary/aromatic N) is 2. The fourth-order valence-corrected chi connectivity index (χ4v) is 1.76. The molecule has 2 rings (SSSR count). The zero-order valence-corrected chi connectivity index (χ0v) is 9.59. The van der Waals surface area contributed by atoms with Crippen LogP contribution in [0.5, 0.6) is 0 Å². The lowest BCUT2D eigenvalue weighted by Gasteiger charge is -2.23. The van der Waals surface area contributed by atoms with E-state index in [0.29, 0.717) is 6.54 Å². The van der Waals surface area contributed by atoms with Gasteiger partial charge in [-0.05, 0) is 25.5 Å². The topological polar surface area (TPSA) is 38.0 Å². The largest absolute Gasteiger partial charge is 0.384 e. The van der Waals surface area contributed by atoms with E-state index in [1.807, 2.05) is 49.5 Å². The van der Waals surface area contributed by atoms with Gasteiger partial charge in [0.05, 0.1) is 12.2 Å². The Morgan fingerprint density at radius 2 is 1.94 bits per heavy atom. The Labute approximate surface area is 95.3 Å². The number of hydrogen-bond donors (Lipinski definition) is 1. The van der Waals surface area contributed by atoms with Crippen LogP contribution < -0.4 is 0 Å². The number of benzene rings is 1. The van der Waals surface area contributed by atoms with Crippen molar-refractivity contribution in [3.05, 3.63) is 53.9 Å². The van der Waals surface area contributed by atoms with Crippen molar-refractivity contribution >= 4 is 0 Å². The molecule has 1 aromatic heterocycles. The van der Waals surface area contributed by atoms with E-state index in [0.717, 1.165) is 11.3 Å². The molecular weight excluding hydrogens is 200 g/mol. The molecule has 0 radical (unpaired) electrons. The van der Waals surface area contributed by atoms with Crippen LogP contribution in [0.4, 0.5) is 0 Å². The average Bonchev–Trinajstić information content (AvgIpc) is 2.64. The summed E-state index contributed by atoms with van der Waals surface area (Å²) in [5, 5.41) is 14.7. The first-order chi connectivity index (χ1) is 7.58. The Morgan fingerprint density at radius 1 is 1.25 bits per heavy atom. The Balaban J connectivity index is 2.20. The van der Waals surface area contributed by atoms with E-state index in [2.05, 4.69) is 5.10 Å². The standard InChI is InChI=1S/C13H16N2O/c1-11-8-9-15(14-11)10-13(2,16)12-6-4-3-5-7-12/h3-9,16H,10H2,1-2H3. The third-order valence-electron chi connectivity index (χ3n) is 2.64. The summed E-state index contributed by atoms with van der Waals surface area (Å²) in [5.74, 6) is 0. The molecule has 3 nitrogen and oxygen atoms in total. The highest BCUT2D eigenvalue weighted by atomic mass is 16.3. The molecule has 2 aromatic rings. The monoisotopic (exact) mass is 216 g/mol.